The summed E-state index contributed by atoms with van der Waals surface area (Å²) in [5, 5.41) is 10.4. The summed E-state index contributed by atoms with van der Waals surface area (Å²) in [5.41, 5.74) is 5.41. The second-order valence-corrected chi connectivity index (χ2v) is 16.2. The number of pyridine rings is 1. The number of ether oxygens (including phenoxy) is 5. The fraction of sp³-hybridized carbons (Fsp3) is 0.523. The van der Waals surface area contributed by atoms with E-state index in [1.54, 1.807) is 18.3 Å². The fourth-order valence-corrected chi connectivity index (χ4v) is 5.99. The Bertz CT molecular complexity index is 1700. The van der Waals surface area contributed by atoms with Crippen LogP contribution >= 0.6 is 0 Å². The zero-order valence-electron chi connectivity index (χ0n) is 35.9. The van der Waals surface area contributed by atoms with E-state index in [0.29, 0.717) is 52.4 Å². The molecule has 0 spiro atoms. The van der Waals surface area contributed by atoms with Crippen LogP contribution in [0.5, 0.6) is 0 Å². The molecule has 15 heteroatoms. The number of nitrogens with one attached hydrogen (secondary N) is 4. The standard InChI is InChI=1S/C44H64N6O9/c1-43(2,3)37(48-42(54)59-29-28-58-27-26-57-25-24-55-7)39(51)46-35(30-32-14-10-9-11-15-32)21-23-50(49-40(52)38(44(4,5)6)47-41(53)56-8)31-33-17-19-34(20-18-33)36-16-12-13-22-45-36/h9-20,22,35,37-38H,21,23-31H2,1-8H3,(H,46,51)(H,47,53)(H,48,54)(H,49,52)/t35?,37-,38-/m0/s1. The number of hydrogen-bond acceptors (Lipinski definition) is 11. The van der Waals surface area contributed by atoms with Gasteiger partial charge in [0.25, 0.3) is 5.91 Å². The Labute approximate surface area is 349 Å². The zero-order valence-corrected chi connectivity index (χ0v) is 35.9. The van der Waals surface area contributed by atoms with E-state index >= 15 is 0 Å². The maximum Gasteiger partial charge on any atom is 0.407 e. The number of hydrogen-bond donors (Lipinski definition) is 4. The Balaban J connectivity index is 1.79. The van der Waals surface area contributed by atoms with Crippen molar-refractivity contribution < 1.29 is 42.9 Å². The summed E-state index contributed by atoms with van der Waals surface area (Å²) in [6.45, 7) is 13.6. The lowest BCUT2D eigenvalue weighted by atomic mass is 9.86. The first-order valence-electron chi connectivity index (χ1n) is 19.9. The molecular formula is C44H64N6O9. The first-order chi connectivity index (χ1) is 28.1. The number of carbonyl (C=O) groups is 4. The van der Waals surface area contributed by atoms with E-state index in [-0.39, 0.29) is 19.1 Å². The van der Waals surface area contributed by atoms with E-state index in [0.717, 1.165) is 22.4 Å². The number of alkyl carbamates (subject to hydrolysis) is 2. The van der Waals surface area contributed by atoms with Gasteiger partial charge in [-0.3, -0.25) is 20.0 Å². The highest BCUT2D eigenvalue weighted by Gasteiger charge is 2.36. The predicted octanol–water partition coefficient (Wildman–Crippen LogP) is 5.29. The minimum atomic E-state index is -0.936. The number of carbonyl (C=O) groups excluding carboxylic acids is 4. The second kappa shape index (κ2) is 24.7. The Morgan fingerprint density at radius 1 is 0.661 bits per heavy atom. The van der Waals surface area contributed by atoms with Crippen LogP contribution in [0.25, 0.3) is 11.3 Å². The van der Waals surface area contributed by atoms with Crippen molar-refractivity contribution in [2.45, 2.75) is 79.1 Å². The summed E-state index contributed by atoms with van der Waals surface area (Å²) in [7, 11) is 2.85. The van der Waals surface area contributed by atoms with Crippen LogP contribution in [-0.4, -0.2) is 113 Å². The van der Waals surface area contributed by atoms with Crippen LogP contribution in [-0.2, 0) is 46.2 Å². The highest BCUT2D eigenvalue weighted by Crippen LogP contribution is 2.23. The average molecular weight is 821 g/mol. The highest BCUT2D eigenvalue weighted by molar-refractivity contribution is 5.87. The third-order valence-electron chi connectivity index (χ3n) is 9.21. The first-order valence-corrected chi connectivity index (χ1v) is 19.9. The van der Waals surface area contributed by atoms with Gasteiger partial charge in [-0.15, -0.1) is 0 Å². The molecule has 15 nitrogen and oxygen atoms in total. The maximum atomic E-state index is 14.1. The number of benzene rings is 2. The molecule has 4 N–H and O–H groups in total. The van der Waals surface area contributed by atoms with Gasteiger partial charge in [0.05, 0.1) is 45.8 Å². The van der Waals surface area contributed by atoms with Gasteiger partial charge in [-0.2, -0.15) is 0 Å². The third-order valence-corrected chi connectivity index (χ3v) is 9.21. The van der Waals surface area contributed by atoms with Gasteiger partial charge in [-0.1, -0.05) is 102 Å². The summed E-state index contributed by atoms with van der Waals surface area (Å²) in [6, 6.07) is 21.1. The number of aromatic nitrogens is 1. The van der Waals surface area contributed by atoms with Crippen molar-refractivity contribution in [3.63, 3.8) is 0 Å². The Morgan fingerprint density at radius 3 is 1.85 bits per heavy atom. The summed E-state index contributed by atoms with van der Waals surface area (Å²) < 4.78 is 25.9. The smallest absolute Gasteiger partial charge is 0.407 e. The van der Waals surface area contributed by atoms with Gasteiger partial charge < -0.3 is 39.6 Å². The Hall–Kier alpha value is -5.09. The van der Waals surface area contributed by atoms with E-state index in [2.05, 4.69) is 26.4 Å². The molecule has 0 saturated heterocycles. The molecule has 1 aromatic heterocycles. The first kappa shape index (κ1) is 48.3. The van der Waals surface area contributed by atoms with Crippen LogP contribution in [0, 0.1) is 10.8 Å². The topological polar surface area (TPSA) is 179 Å². The molecule has 0 aliphatic rings. The van der Waals surface area contributed by atoms with Crippen LogP contribution in [0.15, 0.2) is 79.0 Å². The molecule has 0 saturated carbocycles. The van der Waals surface area contributed by atoms with Crippen LogP contribution in [0.4, 0.5) is 9.59 Å². The third kappa shape index (κ3) is 18.2. The lowest BCUT2D eigenvalue weighted by molar-refractivity contribution is -0.131. The molecular weight excluding hydrogens is 757 g/mol. The van der Waals surface area contributed by atoms with E-state index in [4.69, 9.17) is 23.7 Å². The molecule has 0 radical (unpaired) electrons. The van der Waals surface area contributed by atoms with Crippen molar-refractivity contribution in [3.8, 4) is 11.3 Å². The van der Waals surface area contributed by atoms with Crippen molar-refractivity contribution in [1.29, 1.82) is 0 Å². The highest BCUT2D eigenvalue weighted by atomic mass is 16.6. The second-order valence-electron chi connectivity index (χ2n) is 16.2. The van der Waals surface area contributed by atoms with Gasteiger partial charge in [-0.05, 0) is 46.9 Å². The normalized spacial score (nSPS) is 13.2. The molecule has 59 heavy (non-hydrogen) atoms. The van der Waals surface area contributed by atoms with E-state index in [1.165, 1.54) is 7.11 Å². The zero-order chi connectivity index (χ0) is 43.3. The number of hydrazine groups is 1. The van der Waals surface area contributed by atoms with Crippen molar-refractivity contribution >= 4 is 24.0 Å². The quantitative estimate of drug-likeness (QED) is 0.0722. The number of rotatable bonds is 23. The van der Waals surface area contributed by atoms with Crippen molar-refractivity contribution in [1.82, 2.24) is 31.4 Å². The number of methoxy groups -OCH3 is 2. The van der Waals surface area contributed by atoms with E-state index in [1.807, 2.05) is 114 Å². The summed E-state index contributed by atoms with van der Waals surface area (Å²) >= 11 is 0. The van der Waals surface area contributed by atoms with Crippen LogP contribution in [0.1, 0.15) is 59.1 Å². The van der Waals surface area contributed by atoms with Gasteiger partial charge in [0.2, 0.25) is 5.91 Å². The average Bonchev–Trinajstić information content (AvgIpc) is 3.20. The number of amides is 4. The minimum Gasteiger partial charge on any atom is -0.453 e. The van der Waals surface area contributed by atoms with Crippen LogP contribution in [0.2, 0.25) is 0 Å². The molecule has 0 fully saturated rings. The largest absolute Gasteiger partial charge is 0.453 e. The summed E-state index contributed by atoms with van der Waals surface area (Å²) in [5.74, 6) is -0.802. The monoisotopic (exact) mass is 820 g/mol. The molecule has 1 unspecified atom stereocenters. The van der Waals surface area contributed by atoms with Gasteiger partial charge in [0, 0.05) is 38.0 Å². The number of nitrogens with zero attached hydrogens (tertiary/aromatic N) is 2. The van der Waals surface area contributed by atoms with E-state index in [9.17, 15) is 19.2 Å². The van der Waals surface area contributed by atoms with Gasteiger partial charge in [0.15, 0.2) is 0 Å². The van der Waals surface area contributed by atoms with Crippen molar-refractivity contribution in [2.75, 3.05) is 60.4 Å². The minimum absolute atomic E-state index is 0.00232. The van der Waals surface area contributed by atoms with Gasteiger partial charge >= 0.3 is 12.2 Å². The van der Waals surface area contributed by atoms with Crippen LogP contribution < -0.4 is 21.4 Å². The molecule has 1 heterocycles. The molecule has 3 atom stereocenters. The van der Waals surface area contributed by atoms with Gasteiger partial charge in [0.1, 0.15) is 18.7 Å². The molecule has 0 aliphatic carbocycles. The summed E-state index contributed by atoms with van der Waals surface area (Å²) in [6.07, 6.45) is 1.17. The molecule has 4 amide bonds. The summed E-state index contributed by atoms with van der Waals surface area (Å²) in [4.78, 5) is 57.6. The van der Waals surface area contributed by atoms with Gasteiger partial charge in [-0.25, -0.2) is 14.6 Å². The molecule has 0 aliphatic heterocycles. The fourth-order valence-electron chi connectivity index (χ4n) is 5.99. The SMILES string of the molecule is COCCOCCOCCOC(=O)N[C@@H](C(=O)NC(CCN(Cc1ccc(-c2ccccn2)cc1)NC(=O)[C@H](NC(=O)OC)C(C)(C)C)Cc1ccccc1)C(C)(C)C. The molecule has 3 rings (SSSR count). The van der Waals surface area contributed by atoms with E-state index < -0.39 is 47.0 Å². The lowest BCUT2D eigenvalue weighted by Gasteiger charge is -2.34. The Kier molecular flexibility index (Phi) is 20.2. The van der Waals surface area contributed by atoms with Crippen LogP contribution in [0.3, 0.4) is 0 Å². The maximum absolute atomic E-state index is 14.1. The molecule has 324 valence electrons. The molecule has 0 bridgehead atoms. The Morgan fingerprint density at radius 2 is 1.25 bits per heavy atom. The van der Waals surface area contributed by atoms with Crippen molar-refractivity contribution in [3.05, 3.63) is 90.1 Å². The lowest BCUT2D eigenvalue weighted by Crippen LogP contribution is -2.58. The predicted molar refractivity (Wildman–Crippen MR) is 225 cm³/mol. The molecule has 3 aromatic rings. The molecule has 2 aromatic carbocycles. The van der Waals surface area contributed by atoms with Crippen molar-refractivity contribution in [2.24, 2.45) is 10.8 Å².